The van der Waals surface area contributed by atoms with E-state index in [9.17, 15) is 0 Å². The van der Waals surface area contributed by atoms with Gasteiger partial charge in [0, 0.05) is 0 Å². The highest BCUT2D eigenvalue weighted by Crippen LogP contribution is 2.08. The molecule has 0 amide bonds. The third kappa shape index (κ3) is 2.72. The van der Waals surface area contributed by atoms with Crippen molar-refractivity contribution in [1.82, 2.24) is 9.97 Å². The van der Waals surface area contributed by atoms with Gasteiger partial charge >= 0.3 is 0 Å². The molecule has 0 bridgehead atoms. The summed E-state index contributed by atoms with van der Waals surface area (Å²) in [6.45, 7) is 2.67. The molecule has 3 nitrogen and oxygen atoms in total. The molecule has 0 N–H and O–H groups in total. The van der Waals surface area contributed by atoms with Crippen LogP contribution in [-0.4, -0.2) is 16.6 Å². The van der Waals surface area contributed by atoms with Gasteiger partial charge in [0.1, 0.15) is 0 Å². The van der Waals surface area contributed by atoms with Crippen molar-refractivity contribution in [3.8, 4) is 5.88 Å². The molecule has 0 fully saturated rings. The first-order valence-electron chi connectivity index (χ1n) is 3.43. The molecule has 60 valence electrons. The summed E-state index contributed by atoms with van der Waals surface area (Å²) < 4.78 is 5.18. The van der Waals surface area contributed by atoms with Crippen molar-refractivity contribution in [2.75, 3.05) is 6.61 Å². The number of rotatable bonds is 3. The summed E-state index contributed by atoms with van der Waals surface area (Å²) in [5.41, 5.74) is 0. The minimum Gasteiger partial charge on any atom is -0.477 e. The predicted octanol–water partition coefficient (Wildman–Crippen LogP) is 1.92. The summed E-state index contributed by atoms with van der Waals surface area (Å²) in [5, 5.41) is 0.360. The molecule has 0 saturated heterocycles. The molecule has 0 unspecified atom stereocenters. The molecule has 4 heteroatoms. The molecule has 0 atom stereocenters. The maximum atomic E-state index is 5.57. The van der Waals surface area contributed by atoms with Crippen molar-refractivity contribution in [3.05, 3.63) is 17.5 Å². The van der Waals surface area contributed by atoms with Crippen LogP contribution in [0.25, 0.3) is 0 Å². The number of aromatic nitrogens is 2. The number of hydrogen-bond donors (Lipinski definition) is 0. The summed E-state index contributed by atoms with van der Waals surface area (Å²) in [6, 6.07) is 0. The molecular formula is C7H9ClN2O. The Morgan fingerprint density at radius 1 is 1.55 bits per heavy atom. The van der Waals surface area contributed by atoms with Crippen LogP contribution in [0.5, 0.6) is 5.88 Å². The predicted molar refractivity (Wildman–Crippen MR) is 42.8 cm³/mol. The van der Waals surface area contributed by atoms with E-state index in [2.05, 4.69) is 9.97 Å². The highest BCUT2D eigenvalue weighted by molar-refractivity contribution is 6.29. The third-order valence-electron chi connectivity index (χ3n) is 1.04. The minimum atomic E-state index is 0.360. The zero-order valence-corrected chi connectivity index (χ0v) is 7.01. The molecule has 0 aliphatic carbocycles. The van der Waals surface area contributed by atoms with Gasteiger partial charge in [-0.1, -0.05) is 18.5 Å². The first-order valence-corrected chi connectivity index (χ1v) is 3.81. The monoisotopic (exact) mass is 172 g/mol. The quantitative estimate of drug-likeness (QED) is 0.699. The second kappa shape index (κ2) is 4.13. The Morgan fingerprint density at radius 2 is 2.36 bits per heavy atom. The molecule has 1 aromatic heterocycles. The Morgan fingerprint density at radius 3 is 3.00 bits per heavy atom. The zero-order valence-electron chi connectivity index (χ0n) is 6.25. The van der Waals surface area contributed by atoms with Gasteiger partial charge < -0.3 is 4.74 Å². The average molecular weight is 173 g/mol. The number of halogens is 1. The normalized spacial score (nSPS) is 9.64. The van der Waals surface area contributed by atoms with Crippen molar-refractivity contribution in [2.24, 2.45) is 0 Å². The van der Waals surface area contributed by atoms with Gasteiger partial charge in [-0.15, -0.1) is 0 Å². The van der Waals surface area contributed by atoms with E-state index < -0.39 is 0 Å². The van der Waals surface area contributed by atoms with Crippen molar-refractivity contribution in [2.45, 2.75) is 13.3 Å². The van der Waals surface area contributed by atoms with E-state index in [1.54, 1.807) is 6.20 Å². The third-order valence-corrected chi connectivity index (χ3v) is 1.22. The van der Waals surface area contributed by atoms with Crippen molar-refractivity contribution in [1.29, 1.82) is 0 Å². The van der Waals surface area contributed by atoms with E-state index in [0.717, 1.165) is 6.42 Å². The molecule has 0 aromatic carbocycles. The highest BCUT2D eigenvalue weighted by Gasteiger charge is 1.94. The summed E-state index contributed by atoms with van der Waals surface area (Å²) >= 11 is 5.57. The standard InChI is InChI=1S/C7H9ClN2O/c1-2-3-11-7-5-9-4-6(8)10-7/h4-5H,2-3H2,1H3. The molecule has 0 radical (unpaired) electrons. The van der Waals surface area contributed by atoms with E-state index in [1.165, 1.54) is 6.20 Å². The van der Waals surface area contributed by atoms with Crippen LogP contribution in [0.3, 0.4) is 0 Å². The lowest BCUT2D eigenvalue weighted by molar-refractivity contribution is 0.304. The van der Waals surface area contributed by atoms with E-state index in [-0.39, 0.29) is 0 Å². The Labute approximate surface area is 70.4 Å². The topological polar surface area (TPSA) is 35.0 Å². The number of hydrogen-bond acceptors (Lipinski definition) is 3. The van der Waals surface area contributed by atoms with Crippen LogP contribution in [-0.2, 0) is 0 Å². The largest absolute Gasteiger partial charge is 0.477 e. The van der Waals surface area contributed by atoms with Gasteiger partial charge in [0.15, 0.2) is 5.15 Å². The molecule has 0 aliphatic rings. The van der Waals surface area contributed by atoms with Crippen LogP contribution in [0.2, 0.25) is 5.15 Å². The summed E-state index contributed by atoms with van der Waals surface area (Å²) in [4.78, 5) is 7.71. The van der Waals surface area contributed by atoms with E-state index in [1.807, 2.05) is 6.92 Å². The van der Waals surface area contributed by atoms with Crippen LogP contribution in [0.4, 0.5) is 0 Å². The van der Waals surface area contributed by atoms with Crippen LogP contribution >= 0.6 is 11.6 Å². The second-order valence-corrected chi connectivity index (χ2v) is 2.42. The van der Waals surface area contributed by atoms with Gasteiger partial charge in [0.05, 0.1) is 19.0 Å². The average Bonchev–Trinajstić information content (AvgIpc) is 2.01. The fourth-order valence-corrected chi connectivity index (χ4v) is 0.741. The molecule has 1 heterocycles. The van der Waals surface area contributed by atoms with Crippen molar-refractivity contribution < 1.29 is 4.74 Å². The highest BCUT2D eigenvalue weighted by atomic mass is 35.5. The minimum absolute atomic E-state index is 0.360. The van der Waals surface area contributed by atoms with Gasteiger partial charge in [-0.25, -0.2) is 0 Å². The summed E-state index contributed by atoms with van der Waals surface area (Å²) in [7, 11) is 0. The van der Waals surface area contributed by atoms with Crippen LogP contribution < -0.4 is 4.74 Å². The molecule has 1 rings (SSSR count). The fraction of sp³-hybridized carbons (Fsp3) is 0.429. The first kappa shape index (κ1) is 8.27. The Bertz CT molecular complexity index is 229. The van der Waals surface area contributed by atoms with Gasteiger partial charge in [-0.3, -0.25) is 4.98 Å². The SMILES string of the molecule is CCCOc1cncc(Cl)n1. The lowest BCUT2D eigenvalue weighted by atomic mass is 10.5. The van der Waals surface area contributed by atoms with Crippen molar-refractivity contribution in [3.63, 3.8) is 0 Å². The van der Waals surface area contributed by atoms with Gasteiger partial charge in [-0.2, -0.15) is 4.98 Å². The molecule has 1 aromatic rings. The van der Waals surface area contributed by atoms with Gasteiger partial charge in [-0.05, 0) is 6.42 Å². The lowest BCUT2D eigenvalue weighted by Gasteiger charge is -2.01. The number of nitrogens with zero attached hydrogens (tertiary/aromatic N) is 2. The van der Waals surface area contributed by atoms with E-state index in [4.69, 9.17) is 16.3 Å². The summed E-state index contributed by atoms with van der Waals surface area (Å²) in [5.74, 6) is 0.486. The molecule has 0 spiro atoms. The molecule has 11 heavy (non-hydrogen) atoms. The van der Waals surface area contributed by atoms with Crippen LogP contribution in [0.15, 0.2) is 12.4 Å². The summed E-state index contributed by atoms with van der Waals surface area (Å²) in [6.07, 6.45) is 3.97. The van der Waals surface area contributed by atoms with E-state index in [0.29, 0.717) is 17.6 Å². The molecule has 0 saturated carbocycles. The maximum absolute atomic E-state index is 5.57. The smallest absolute Gasteiger partial charge is 0.233 e. The Hall–Kier alpha value is -0.830. The second-order valence-electron chi connectivity index (χ2n) is 2.03. The zero-order chi connectivity index (χ0) is 8.10. The van der Waals surface area contributed by atoms with Crippen LogP contribution in [0, 0.1) is 0 Å². The Kier molecular flexibility index (Phi) is 3.11. The molecular weight excluding hydrogens is 164 g/mol. The van der Waals surface area contributed by atoms with E-state index >= 15 is 0 Å². The number of ether oxygens (including phenoxy) is 1. The lowest BCUT2D eigenvalue weighted by Crippen LogP contribution is -1.97. The van der Waals surface area contributed by atoms with Crippen molar-refractivity contribution >= 4 is 11.6 Å². The first-order chi connectivity index (χ1) is 5.33. The Balaban J connectivity index is 2.56. The van der Waals surface area contributed by atoms with Crippen LogP contribution in [0.1, 0.15) is 13.3 Å². The maximum Gasteiger partial charge on any atom is 0.233 e. The fourth-order valence-electron chi connectivity index (χ4n) is 0.602. The van der Waals surface area contributed by atoms with Gasteiger partial charge in [0.25, 0.3) is 0 Å². The molecule has 0 aliphatic heterocycles. The van der Waals surface area contributed by atoms with Gasteiger partial charge in [0.2, 0.25) is 5.88 Å².